The second-order valence-electron chi connectivity index (χ2n) is 4.56. The highest BCUT2D eigenvalue weighted by atomic mass is 16.2. The lowest BCUT2D eigenvalue weighted by atomic mass is 10.1. The third-order valence-corrected chi connectivity index (χ3v) is 3.33. The van der Waals surface area contributed by atoms with Crippen molar-refractivity contribution < 1.29 is 9.59 Å². The highest BCUT2D eigenvalue weighted by Crippen LogP contribution is 2.15. The lowest BCUT2D eigenvalue weighted by molar-refractivity contribution is -0.135. The summed E-state index contributed by atoms with van der Waals surface area (Å²) in [6.45, 7) is 5.44. The van der Waals surface area contributed by atoms with Gasteiger partial charge in [-0.25, -0.2) is 0 Å². The minimum atomic E-state index is -0.636. The number of nitrogens with zero attached hydrogens (tertiary/aromatic N) is 1. The van der Waals surface area contributed by atoms with Gasteiger partial charge < -0.3 is 4.57 Å². The van der Waals surface area contributed by atoms with Gasteiger partial charge in [0, 0.05) is 17.8 Å². The molecule has 1 unspecified atom stereocenters. The number of hydrogen-bond donors (Lipinski definition) is 1. The molecule has 2 rings (SSSR count). The van der Waals surface area contributed by atoms with E-state index in [9.17, 15) is 14.4 Å². The molecule has 1 aliphatic heterocycles. The van der Waals surface area contributed by atoms with Crippen molar-refractivity contribution >= 4 is 24.0 Å². The summed E-state index contributed by atoms with van der Waals surface area (Å²) in [5, 5.41) is 3.54. The minimum absolute atomic E-state index is 0.241. The third kappa shape index (κ3) is 2.47. The Kier molecular flexibility index (Phi) is 3.98. The Morgan fingerprint density at radius 3 is 2.75 bits per heavy atom. The zero-order valence-corrected chi connectivity index (χ0v) is 11.3. The minimum Gasteiger partial charge on any atom is -0.302 e. The molecular weight excluding hydrogens is 256 g/mol. The Balaban J connectivity index is 2.60. The van der Waals surface area contributed by atoms with Gasteiger partial charge in [0.2, 0.25) is 11.8 Å². The van der Waals surface area contributed by atoms with Gasteiger partial charge in [-0.2, -0.15) is 0 Å². The highest BCUT2D eigenvalue weighted by molar-refractivity contribution is 5.99. The Morgan fingerprint density at radius 1 is 1.40 bits per heavy atom. The van der Waals surface area contributed by atoms with Crippen LogP contribution in [-0.4, -0.2) is 16.4 Å². The monoisotopic (exact) mass is 272 g/mol. The molecule has 104 valence electrons. The van der Waals surface area contributed by atoms with Crippen LogP contribution in [0.5, 0.6) is 0 Å². The van der Waals surface area contributed by atoms with Crippen molar-refractivity contribution in [3.63, 3.8) is 0 Å². The number of imide groups is 1. The van der Waals surface area contributed by atoms with Crippen molar-refractivity contribution in [2.75, 3.05) is 0 Å². The lowest BCUT2D eigenvalue weighted by Gasteiger charge is -2.22. The molecule has 1 saturated heterocycles. The molecular formula is C15H16N2O3. The molecule has 0 aliphatic carbocycles. The highest BCUT2D eigenvalue weighted by Gasteiger charge is 2.28. The van der Waals surface area contributed by atoms with Crippen molar-refractivity contribution in [2.45, 2.75) is 25.8 Å². The van der Waals surface area contributed by atoms with Crippen LogP contribution in [0.15, 0.2) is 29.7 Å². The SMILES string of the molecule is C=C/C=c1/c(=O)n(C2CCC(=O)NC2=O)cc/c1=C/C. The first kappa shape index (κ1) is 14.0. The first-order valence-corrected chi connectivity index (χ1v) is 6.42. The van der Waals surface area contributed by atoms with Gasteiger partial charge >= 0.3 is 0 Å². The van der Waals surface area contributed by atoms with E-state index in [4.69, 9.17) is 0 Å². The summed E-state index contributed by atoms with van der Waals surface area (Å²) in [7, 11) is 0. The van der Waals surface area contributed by atoms with Gasteiger partial charge in [-0.15, -0.1) is 0 Å². The summed E-state index contributed by atoms with van der Waals surface area (Å²) in [4.78, 5) is 35.5. The molecule has 0 aromatic carbocycles. The standard InChI is InChI=1S/C15H16N2O3/c1-3-5-11-10(4-2)8-9-17(15(11)20)12-6-7-13(18)16-14(12)19/h3-5,8-9,12H,1,6-7H2,2H3,(H,16,18,19)/b10-4-,11-5+. The van der Waals surface area contributed by atoms with E-state index in [1.54, 1.807) is 24.4 Å². The van der Waals surface area contributed by atoms with Crippen LogP contribution in [0, 0.1) is 0 Å². The van der Waals surface area contributed by atoms with Crippen LogP contribution in [0.25, 0.3) is 12.2 Å². The topological polar surface area (TPSA) is 68.2 Å². The second kappa shape index (κ2) is 5.69. The van der Waals surface area contributed by atoms with E-state index in [1.165, 1.54) is 4.57 Å². The van der Waals surface area contributed by atoms with E-state index >= 15 is 0 Å². The van der Waals surface area contributed by atoms with E-state index in [1.807, 2.05) is 13.0 Å². The number of carbonyl (C=O) groups excluding carboxylic acids is 2. The van der Waals surface area contributed by atoms with Crippen LogP contribution >= 0.6 is 0 Å². The Bertz CT molecular complexity index is 743. The average Bonchev–Trinajstić information content (AvgIpc) is 2.42. The molecule has 1 atom stereocenters. The summed E-state index contributed by atoms with van der Waals surface area (Å²) >= 11 is 0. The number of nitrogens with one attached hydrogen (secondary N) is 1. The molecule has 5 nitrogen and oxygen atoms in total. The first-order valence-electron chi connectivity index (χ1n) is 6.42. The Labute approximate surface area is 115 Å². The van der Waals surface area contributed by atoms with Crippen molar-refractivity contribution in [1.82, 2.24) is 9.88 Å². The molecule has 20 heavy (non-hydrogen) atoms. The number of amides is 2. The molecule has 0 saturated carbocycles. The maximum Gasteiger partial charge on any atom is 0.259 e. The summed E-state index contributed by atoms with van der Waals surface area (Å²) in [5.74, 6) is -0.725. The van der Waals surface area contributed by atoms with Gasteiger partial charge in [-0.05, 0) is 30.7 Å². The Morgan fingerprint density at radius 2 is 2.15 bits per heavy atom. The fourth-order valence-electron chi connectivity index (χ4n) is 2.31. The molecule has 1 aromatic rings. The summed E-state index contributed by atoms with van der Waals surface area (Å²) in [6.07, 6.45) is 7.17. The van der Waals surface area contributed by atoms with Crippen molar-refractivity contribution in [3.05, 3.63) is 45.7 Å². The maximum atomic E-state index is 12.5. The van der Waals surface area contributed by atoms with Crippen LogP contribution in [0.2, 0.25) is 0 Å². The van der Waals surface area contributed by atoms with Gasteiger partial charge in [0.1, 0.15) is 6.04 Å². The average molecular weight is 272 g/mol. The number of aromatic nitrogens is 1. The van der Waals surface area contributed by atoms with Gasteiger partial charge in [0.05, 0.1) is 0 Å². The van der Waals surface area contributed by atoms with Crippen LogP contribution in [0.1, 0.15) is 25.8 Å². The van der Waals surface area contributed by atoms with E-state index in [2.05, 4.69) is 11.9 Å². The molecule has 1 fully saturated rings. The summed E-state index contributed by atoms with van der Waals surface area (Å²) in [6, 6.07) is 1.14. The molecule has 1 N–H and O–H groups in total. The maximum absolute atomic E-state index is 12.5. The summed E-state index contributed by atoms with van der Waals surface area (Å²) < 4.78 is 1.38. The van der Waals surface area contributed by atoms with Crippen molar-refractivity contribution in [1.29, 1.82) is 0 Å². The van der Waals surface area contributed by atoms with Gasteiger partial charge in [-0.1, -0.05) is 18.7 Å². The normalized spacial score (nSPS) is 20.9. The smallest absolute Gasteiger partial charge is 0.259 e. The predicted octanol–water partition coefficient (Wildman–Crippen LogP) is -0.407. The van der Waals surface area contributed by atoms with Gasteiger partial charge in [0.25, 0.3) is 5.56 Å². The first-order chi connectivity index (χ1) is 9.58. The molecule has 0 spiro atoms. The van der Waals surface area contributed by atoms with Crippen LogP contribution < -0.4 is 21.3 Å². The van der Waals surface area contributed by atoms with E-state index < -0.39 is 11.9 Å². The Hall–Kier alpha value is -2.43. The number of carbonyl (C=O) groups is 2. The fraction of sp³-hybridized carbons (Fsp3) is 0.267. The number of hydrogen-bond acceptors (Lipinski definition) is 3. The fourth-order valence-corrected chi connectivity index (χ4v) is 2.31. The lowest BCUT2D eigenvalue weighted by Crippen LogP contribution is -2.50. The molecule has 1 aromatic heterocycles. The molecule has 0 bridgehead atoms. The van der Waals surface area contributed by atoms with Crippen LogP contribution in [-0.2, 0) is 9.59 Å². The summed E-state index contributed by atoms with van der Waals surface area (Å²) in [5.41, 5.74) is -0.255. The molecule has 2 amide bonds. The van der Waals surface area contributed by atoms with E-state index in [0.717, 1.165) is 5.22 Å². The van der Waals surface area contributed by atoms with Crippen LogP contribution in [0.4, 0.5) is 0 Å². The van der Waals surface area contributed by atoms with Gasteiger partial charge in [-0.3, -0.25) is 19.7 Å². The quantitative estimate of drug-likeness (QED) is 0.744. The van der Waals surface area contributed by atoms with Crippen molar-refractivity contribution in [2.24, 2.45) is 0 Å². The largest absolute Gasteiger partial charge is 0.302 e. The molecule has 1 aliphatic rings. The zero-order chi connectivity index (χ0) is 14.7. The molecule has 0 radical (unpaired) electrons. The number of rotatable bonds is 2. The van der Waals surface area contributed by atoms with E-state index in [0.29, 0.717) is 11.6 Å². The number of allylic oxidation sites excluding steroid dienone is 1. The molecule has 5 heteroatoms. The van der Waals surface area contributed by atoms with Crippen LogP contribution in [0.3, 0.4) is 0 Å². The van der Waals surface area contributed by atoms with Gasteiger partial charge in [0.15, 0.2) is 0 Å². The van der Waals surface area contributed by atoms with Crippen molar-refractivity contribution in [3.8, 4) is 0 Å². The van der Waals surface area contributed by atoms with E-state index in [-0.39, 0.29) is 17.9 Å². The number of piperidine rings is 1. The zero-order valence-electron chi connectivity index (χ0n) is 11.3. The number of pyridine rings is 1. The molecule has 2 heterocycles. The second-order valence-corrected chi connectivity index (χ2v) is 4.56. The third-order valence-electron chi connectivity index (χ3n) is 3.33. The predicted molar refractivity (Wildman–Crippen MR) is 76.2 cm³/mol.